The number of nitro groups is 1. The summed E-state index contributed by atoms with van der Waals surface area (Å²) in [7, 11) is 0. The lowest BCUT2D eigenvalue weighted by atomic mass is 10.2. The maximum atomic E-state index is 13.1. The highest BCUT2D eigenvalue weighted by atomic mass is 35.5. The van der Waals surface area contributed by atoms with Crippen LogP contribution in [0.4, 0.5) is 15.8 Å². The van der Waals surface area contributed by atoms with E-state index in [0.29, 0.717) is 23.5 Å². The number of benzene rings is 1. The molecule has 0 fully saturated rings. The summed E-state index contributed by atoms with van der Waals surface area (Å²) in [4.78, 5) is 23.2. The van der Waals surface area contributed by atoms with Crippen LogP contribution in [0, 0.1) is 29.8 Å². The molecule has 1 unspecified atom stereocenters. The maximum Gasteiger partial charge on any atom is 0.312 e. The predicted molar refractivity (Wildman–Crippen MR) is 104 cm³/mol. The summed E-state index contributed by atoms with van der Waals surface area (Å²) in [6, 6.07) is 3.33. The van der Waals surface area contributed by atoms with Crippen molar-refractivity contribution in [2.75, 3.05) is 5.32 Å². The molecule has 1 amide bonds. The van der Waals surface area contributed by atoms with E-state index in [4.69, 9.17) is 11.6 Å². The molecule has 3 aromatic rings. The summed E-state index contributed by atoms with van der Waals surface area (Å²) in [5.74, 6) is -0.824. The first-order valence-corrected chi connectivity index (χ1v) is 9.02. The molecule has 3 rings (SSSR count). The Bertz CT molecular complexity index is 1090. The normalized spacial score (nSPS) is 12.0. The van der Waals surface area contributed by atoms with Crippen molar-refractivity contribution < 1.29 is 14.1 Å². The number of carbonyl (C=O) groups is 1. The van der Waals surface area contributed by atoms with Gasteiger partial charge >= 0.3 is 5.69 Å². The molecular formula is C18H18ClFN6O3. The van der Waals surface area contributed by atoms with Crippen LogP contribution in [0.3, 0.4) is 0 Å². The summed E-state index contributed by atoms with van der Waals surface area (Å²) >= 11 is 6.02. The van der Waals surface area contributed by atoms with Crippen molar-refractivity contribution in [3.05, 3.63) is 68.5 Å². The summed E-state index contributed by atoms with van der Waals surface area (Å²) in [5, 5.41) is 22.4. The molecule has 29 heavy (non-hydrogen) atoms. The molecule has 2 aromatic heterocycles. The Kier molecular flexibility index (Phi) is 5.64. The predicted octanol–water partition coefficient (Wildman–Crippen LogP) is 3.65. The molecule has 0 aliphatic carbocycles. The average molecular weight is 421 g/mol. The van der Waals surface area contributed by atoms with Gasteiger partial charge in [0.1, 0.15) is 23.2 Å². The molecule has 0 aliphatic rings. The first kappa shape index (κ1) is 20.5. The monoisotopic (exact) mass is 420 g/mol. The maximum absolute atomic E-state index is 13.1. The molecule has 0 aliphatic heterocycles. The van der Waals surface area contributed by atoms with Gasteiger partial charge in [0.05, 0.1) is 23.4 Å². The van der Waals surface area contributed by atoms with Gasteiger partial charge in [-0.2, -0.15) is 10.2 Å². The number of aryl methyl sites for hydroxylation is 1. The molecule has 1 N–H and O–H groups in total. The van der Waals surface area contributed by atoms with Crippen molar-refractivity contribution in [2.24, 2.45) is 0 Å². The lowest BCUT2D eigenvalue weighted by Gasteiger charge is -2.13. The lowest BCUT2D eigenvalue weighted by Crippen LogP contribution is -2.25. The molecule has 2 heterocycles. The van der Waals surface area contributed by atoms with Crippen LogP contribution in [0.1, 0.15) is 29.9 Å². The fraction of sp³-hybridized carbons (Fsp3) is 0.278. The van der Waals surface area contributed by atoms with Gasteiger partial charge < -0.3 is 5.32 Å². The number of rotatable bonds is 6. The minimum Gasteiger partial charge on any atom is -0.322 e. The molecule has 11 heteroatoms. The number of amides is 1. The van der Waals surface area contributed by atoms with E-state index in [-0.39, 0.29) is 16.4 Å². The third-order valence-electron chi connectivity index (χ3n) is 4.46. The second-order valence-corrected chi connectivity index (χ2v) is 6.96. The van der Waals surface area contributed by atoms with E-state index in [1.165, 1.54) is 29.9 Å². The van der Waals surface area contributed by atoms with E-state index < -0.39 is 22.7 Å². The Morgan fingerprint density at radius 2 is 2.14 bits per heavy atom. The van der Waals surface area contributed by atoms with Crippen LogP contribution in [0.25, 0.3) is 0 Å². The van der Waals surface area contributed by atoms with E-state index in [2.05, 4.69) is 15.5 Å². The van der Waals surface area contributed by atoms with Gasteiger partial charge in [-0.1, -0.05) is 17.7 Å². The van der Waals surface area contributed by atoms with Gasteiger partial charge in [0.15, 0.2) is 0 Å². The lowest BCUT2D eigenvalue weighted by molar-refractivity contribution is -0.386. The van der Waals surface area contributed by atoms with Gasteiger partial charge in [-0.25, -0.2) is 4.39 Å². The molecule has 0 saturated carbocycles. The minimum atomic E-state index is -0.766. The topological polar surface area (TPSA) is 108 Å². The summed E-state index contributed by atoms with van der Waals surface area (Å²) in [6.45, 7) is 4.97. The number of nitrogens with zero attached hydrogens (tertiary/aromatic N) is 5. The number of aromatic nitrogens is 4. The van der Waals surface area contributed by atoms with Gasteiger partial charge in [0, 0.05) is 11.2 Å². The number of hydrogen-bond acceptors (Lipinski definition) is 5. The Morgan fingerprint density at radius 1 is 1.41 bits per heavy atom. The number of hydrogen-bond donors (Lipinski definition) is 1. The molecule has 0 radical (unpaired) electrons. The molecular weight excluding hydrogens is 403 g/mol. The summed E-state index contributed by atoms with van der Waals surface area (Å²) in [6.07, 6.45) is 3.07. The van der Waals surface area contributed by atoms with Crippen LogP contribution in [0.5, 0.6) is 0 Å². The number of halogens is 2. The number of carbonyl (C=O) groups excluding carboxylic acids is 1. The van der Waals surface area contributed by atoms with Crippen LogP contribution in [0.15, 0.2) is 30.6 Å². The third-order valence-corrected chi connectivity index (χ3v) is 4.82. The van der Waals surface area contributed by atoms with E-state index >= 15 is 0 Å². The van der Waals surface area contributed by atoms with Crippen LogP contribution < -0.4 is 5.32 Å². The molecule has 152 valence electrons. The summed E-state index contributed by atoms with van der Waals surface area (Å²) < 4.78 is 16.0. The van der Waals surface area contributed by atoms with Crippen LogP contribution in [-0.2, 0) is 11.3 Å². The zero-order chi connectivity index (χ0) is 21.3. The molecule has 0 spiro atoms. The molecule has 1 atom stereocenters. The number of nitrogens with one attached hydrogen (secondary N) is 1. The van der Waals surface area contributed by atoms with Crippen LogP contribution in [0.2, 0.25) is 5.02 Å². The van der Waals surface area contributed by atoms with Crippen LogP contribution in [-0.4, -0.2) is 30.4 Å². The highest BCUT2D eigenvalue weighted by Crippen LogP contribution is 2.25. The Labute approximate surface area is 170 Å². The first-order valence-electron chi connectivity index (χ1n) is 8.64. The quantitative estimate of drug-likeness (QED) is 0.483. The van der Waals surface area contributed by atoms with Crippen LogP contribution >= 0.6 is 11.6 Å². The minimum absolute atomic E-state index is 0.103. The van der Waals surface area contributed by atoms with Gasteiger partial charge in [0.2, 0.25) is 5.91 Å². The van der Waals surface area contributed by atoms with Crippen molar-refractivity contribution in [1.29, 1.82) is 0 Å². The highest BCUT2D eigenvalue weighted by molar-refractivity contribution is 6.31. The smallest absolute Gasteiger partial charge is 0.312 e. The second-order valence-electron chi connectivity index (χ2n) is 6.55. The molecule has 0 bridgehead atoms. The SMILES string of the molecule is Cc1nn(C(C)C(=O)Nc2cnn(Cc3ccc(F)cc3Cl)c2)c(C)c1[N+](=O)[O-]. The zero-order valence-corrected chi connectivity index (χ0v) is 16.6. The molecule has 9 nitrogen and oxygen atoms in total. The van der Waals surface area contributed by atoms with E-state index in [1.54, 1.807) is 30.8 Å². The summed E-state index contributed by atoms with van der Waals surface area (Å²) in [5.41, 5.74) is 1.56. The Morgan fingerprint density at radius 3 is 2.76 bits per heavy atom. The van der Waals surface area contributed by atoms with Gasteiger partial charge in [0.25, 0.3) is 0 Å². The standard InChI is InChI=1S/C18H18ClFN6O3/c1-10-17(26(28)29)11(2)25(23-10)12(3)18(27)22-15-7-21-24(9-15)8-13-4-5-14(20)6-16(13)19/h4-7,9,12H,8H2,1-3H3,(H,22,27). The fourth-order valence-electron chi connectivity index (χ4n) is 2.99. The van der Waals surface area contributed by atoms with Crippen molar-refractivity contribution in [1.82, 2.24) is 19.6 Å². The van der Waals surface area contributed by atoms with Crippen molar-refractivity contribution in [3.63, 3.8) is 0 Å². The Balaban J connectivity index is 1.72. The first-order chi connectivity index (χ1) is 13.7. The average Bonchev–Trinajstić information content (AvgIpc) is 3.20. The van der Waals surface area contributed by atoms with E-state index in [0.717, 1.165) is 0 Å². The second kappa shape index (κ2) is 8.00. The Hall–Kier alpha value is -3.27. The van der Waals surface area contributed by atoms with Crippen molar-refractivity contribution >= 4 is 28.9 Å². The van der Waals surface area contributed by atoms with Crippen molar-refractivity contribution in [2.45, 2.75) is 33.4 Å². The van der Waals surface area contributed by atoms with Crippen molar-refractivity contribution in [3.8, 4) is 0 Å². The largest absolute Gasteiger partial charge is 0.322 e. The number of anilines is 1. The van der Waals surface area contributed by atoms with Gasteiger partial charge in [-0.05, 0) is 38.5 Å². The molecule has 0 saturated heterocycles. The van der Waals surface area contributed by atoms with E-state index in [9.17, 15) is 19.3 Å². The third kappa shape index (κ3) is 4.27. The fourth-order valence-corrected chi connectivity index (χ4v) is 3.22. The molecule has 1 aromatic carbocycles. The van der Waals surface area contributed by atoms with E-state index in [1.807, 2.05) is 0 Å². The van der Waals surface area contributed by atoms with Gasteiger partial charge in [-0.15, -0.1) is 0 Å². The van der Waals surface area contributed by atoms with Gasteiger partial charge in [-0.3, -0.25) is 24.3 Å². The zero-order valence-electron chi connectivity index (χ0n) is 15.9. The highest BCUT2D eigenvalue weighted by Gasteiger charge is 2.27.